The largest absolute Gasteiger partial charge is 0.340 e. The molecule has 0 aliphatic rings. The minimum absolute atomic E-state index is 0.693. The Balaban J connectivity index is 2.08. The van der Waals surface area contributed by atoms with Gasteiger partial charge in [-0.15, -0.1) is 0 Å². The highest BCUT2D eigenvalue weighted by atomic mass is 15.0. The lowest BCUT2D eigenvalue weighted by Gasteiger charge is -2.04. The molecule has 3 heteroatoms. The Bertz CT molecular complexity index is 952. The molecule has 0 unspecified atom stereocenters. The van der Waals surface area contributed by atoms with Crippen molar-refractivity contribution in [3.05, 3.63) is 66.4 Å². The van der Waals surface area contributed by atoms with Crippen LogP contribution in [-0.4, -0.2) is 9.38 Å². The Morgan fingerprint density at radius 1 is 1.00 bits per heavy atom. The third kappa shape index (κ3) is 1.45. The Hall–Kier alpha value is -2.99. The highest BCUT2D eigenvalue weighted by molar-refractivity contribution is 5.88. The number of hydrogen-bond acceptors (Lipinski definition) is 1. The number of imidazole rings is 1. The van der Waals surface area contributed by atoms with E-state index in [9.17, 15) is 5.26 Å². The van der Waals surface area contributed by atoms with Crippen molar-refractivity contribution < 1.29 is 0 Å². The molecule has 4 aromatic rings. The van der Waals surface area contributed by atoms with Crippen molar-refractivity contribution in [3.63, 3.8) is 0 Å². The molecule has 1 N–H and O–H groups in total. The average Bonchev–Trinajstić information content (AvgIpc) is 3.07. The lowest BCUT2D eigenvalue weighted by Crippen LogP contribution is -1.86. The van der Waals surface area contributed by atoms with E-state index in [2.05, 4.69) is 21.5 Å². The molecule has 0 aliphatic heterocycles. The maximum absolute atomic E-state index is 9.43. The van der Waals surface area contributed by atoms with E-state index < -0.39 is 0 Å². The fourth-order valence-corrected chi connectivity index (χ4v) is 2.67. The molecule has 3 nitrogen and oxygen atoms in total. The minimum Gasteiger partial charge on any atom is -0.340 e. The molecule has 94 valence electrons. The molecule has 0 atom stereocenters. The summed E-state index contributed by atoms with van der Waals surface area (Å²) in [6, 6.07) is 20.3. The number of hydrogen-bond donors (Lipinski definition) is 1. The zero-order chi connectivity index (χ0) is 13.5. The smallest absolute Gasteiger partial charge is 0.115 e. The Morgan fingerprint density at radius 2 is 1.85 bits per heavy atom. The second-order valence-corrected chi connectivity index (χ2v) is 4.78. The fourth-order valence-electron chi connectivity index (χ4n) is 2.67. The molecule has 0 saturated carbocycles. The van der Waals surface area contributed by atoms with Crippen molar-refractivity contribution in [3.8, 4) is 17.2 Å². The van der Waals surface area contributed by atoms with Gasteiger partial charge in [-0.1, -0.05) is 30.3 Å². The molecular formula is C17H11N3. The van der Waals surface area contributed by atoms with Crippen molar-refractivity contribution in [2.75, 3.05) is 0 Å². The van der Waals surface area contributed by atoms with Gasteiger partial charge in [0.25, 0.3) is 0 Å². The van der Waals surface area contributed by atoms with Gasteiger partial charge in [0.1, 0.15) is 5.65 Å². The topological polar surface area (TPSA) is 44.0 Å². The van der Waals surface area contributed by atoms with Crippen LogP contribution >= 0.6 is 0 Å². The van der Waals surface area contributed by atoms with E-state index in [1.165, 1.54) is 0 Å². The number of nitrogens with one attached hydrogen (secondary N) is 1. The number of fused-ring (bicyclic) bond motifs is 3. The summed E-state index contributed by atoms with van der Waals surface area (Å²) in [6.45, 7) is 0. The van der Waals surface area contributed by atoms with Crippen molar-refractivity contribution in [2.45, 2.75) is 0 Å². The molecule has 0 spiro atoms. The van der Waals surface area contributed by atoms with Gasteiger partial charge in [0, 0.05) is 11.8 Å². The summed E-state index contributed by atoms with van der Waals surface area (Å²) in [5.74, 6) is 0. The van der Waals surface area contributed by atoms with E-state index in [0.717, 1.165) is 27.8 Å². The van der Waals surface area contributed by atoms with Gasteiger partial charge in [-0.2, -0.15) is 5.26 Å². The molecule has 0 amide bonds. The van der Waals surface area contributed by atoms with Gasteiger partial charge in [-0.25, -0.2) is 0 Å². The van der Waals surface area contributed by atoms with Crippen LogP contribution in [0.3, 0.4) is 0 Å². The summed E-state index contributed by atoms with van der Waals surface area (Å²) in [6.07, 6.45) is 2.00. The van der Waals surface area contributed by atoms with Crippen LogP contribution in [0.5, 0.6) is 0 Å². The van der Waals surface area contributed by atoms with Crippen molar-refractivity contribution in [1.82, 2.24) is 9.38 Å². The minimum atomic E-state index is 0.693. The number of nitrogens with zero attached hydrogens (tertiary/aromatic N) is 2. The van der Waals surface area contributed by atoms with E-state index in [1.54, 1.807) is 0 Å². The first-order chi connectivity index (χ1) is 9.86. The van der Waals surface area contributed by atoms with Crippen molar-refractivity contribution in [1.29, 1.82) is 5.26 Å². The second-order valence-electron chi connectivity index (χ2n) is 4.78. The zero-order valence-electron chi connectivity index (χ0n) is 10.7. The van der Waals surface area contributed by atoms with Gasteiger partial charge < -0.3 is 9.38 Å². The molecule has 20 heavy (non-hydrogen) atoms. The van der Waals surface area contributed by atoms with Crippen molar-refractivity contribution >= 4 is 16.7 Å². The van der Waals surface area contributed by atoms with E-state index >= 15 is 0 Å². The Labute approximate surface area is 115 Å². The summed E-state index contributed by atoms with van der Waals surface area (Å²) in [4.78, 5) is 3.37. The standard InChI is InChI=1S/C17H11N3/c18-11-13-9-16-15(19-17-7-4-8-20(16)17)10-14(13)12-5-2-1-3-6-12/h1-10,19H. The van der Waals surface area contributed by atoms with Crippen LogP contribution in [0.1, 0.15) is 5.56 Å². The summed E-state index contributed by atoms with van der Waals surface area (Å²) >= 11 is 0. The fraction of sp³-hybridized carbons (Fsp3) is 0. The van der Waals surface area contributed by atoms with Crippen molar-refractivity contribution in [2.24, 2.45) is 0 Å². The SMILES string of the molecule is N#Cc1cc2c(cc1-c1ccccc1)[nH]c1cccn12. The number of aromatic amines is 1. The first-order valence-electron chi connectivity index (χ1n) is 6.45. The van der Waals surface area contributed by atoms with Crippen LogP contribution < -0.4 is 0 Å². The van der Waals surface area contributed by atoms with Gasteiger partial charge in [-0.05, 0) is 29.8 Å². The van der Waals surface area contributed by atoms with Gasteiger partial charge >= 0.3 is 0 Å². The van der Waals surface area contributed by atoms with Crippen LogP contribution in [0, 0.1) is 11.3 Å². The molecule has 2 aromatic carbocycles. The summed E-state index contributed by atoms with van der Waals surface area (Å²) in [7, 11) is 0. The van der Waals surface area contributed by atoms with Crippen LogP contribution in [0.25, 0.3) is 27.8 Å². The maximum atomic E-state index is 9.43. The lowest BCUT2D eigenvalue weighted by molar-refractivity contribution is 1.28. The molecule has 4 rings (SSSR count). The molecule has 0 radical (unpaired) electrons. The molecule has 0 fully saturated rings. The van der Waals surface area contributed by atoms with Gasteiger partial charge in [0.2, 0.25) is 0 Å². The number of rotatable bonds is 1. The summed E-state index contributed by atoms with van der Waals surface area (Å²) in [5, 5.41) is 9.43. The first kappa shape index (κ1) is 10.9. The highest BCUT2D eigenvalue weighted by Crippen LogP contribution is 2.28. The lowest BCUT2D eigenvalue weighted by atomic mass is 9.99. The maximum Gasteiger partial charge on any atom is 0.115 e. The van der Waals surface area contributed by atoms with Gasteiger partial charge in [0.05, 0.1) is 22.7 Å². The number of H-pyrrole nitrogens is 1. The normalized spacial score (nSPS) is 10.9. The van der Waals surface area contributed by atoms with Crippen LogP contribution in [0.15, 0.2) is 60.8 Å². The number of nitriles is 1. The van der Waals surface area contributed by atoms with Gasteiger partial charge in [0.15, 0.2) is 0 Å². The van der Waals surface area contributed by atoms with E-state index in [-0.39, 0.29) is 0 Å². The highest BCUT2D eigenvalue weighted by Gasteiger charge is 2.10. The molecule has 2 aromatic heterocycles. The predicted molar refractivity (Wildman–Crippen MR) is 79.4 cm³/mol. The van der Waals surface area contributed by atoms with E-state index in [4.69, 9.17) is 0 Å². The number of aromatic nitrogens is 2. The first-order valence-corrected chi connectivity index (χ1v) is 6.45. The number of benzene rings is 2. The molecule has 2 heterocycles. The monoisotopic (exact) mass is 257 g/mol. The molecular weight excluding hydrogens is 246 g/mol. The van der Waals surface area contributed by atoms with Crippen LogP contribution in [-0.2, 0) is 0 Å². The zero-order valence-corrected chi connectivity index (χ0v) is 10.7. The Kier molecular flexibility index (Phi) is 2.18. The van der Waals surface area contributed by atoms with Crippen LogP contribution in [0.2, 0.25) is 0 Å². The second kappa shape index (κ2) is 4.01. The predicted octanol–water partition coefficient (Wildman–Crippen LogP) is 3.96. The molecule has 0 saturated heterocycles. The third-order valence-corrected chi connectivity index (χ3v) is 3.61. The van der Waals surface area contributed by atoms with E-state index in [0.29, 0.717) is 5.56 Å². The molecule has 0 aliphatic carbocycles. The third-order valence-electron chi connectivity index (χ3n) is 3.61. The van der Waals surface area contributed by atoms with E-state index in [1.807, 2.05) is 54.7 Å². The van der Waals surface area contributed by atoms with Crippen LogP contribution in [0.4, 0.5) is 0 Å². The molecule has 0 bridgehead atoms. The summed E-state index contributed by atoms with van der Waals surface area (Å²) in [5.41, 5.74) is 5.82. The van der Waals surface area contributed by atoms with Gasteiger partial charge in [-0.3, -0.25) is 0 Å². The quantitative estimate of drug-likeness (QED) is 0.551. The summed E-state index contributed by atoms with van der Waals surface area (Å²) < 4.78 is 2.06. The average molecular weight is 257 g/mol. The Morgan fingerprint density at radius 3 is 2.65 bits per heavy atom.